The summed E-state index contributed by atoms with van der Waals surface area (Å²) in [5.41, 5.74) is -8.37. The van der Waals surface area contributed by atoms with Crippen molar-refractivity contribution in [3.05, 3.63) is 23.8 Å². The molecule has 3 fully saturated rings. The minimum Gasteiger partial charge on any atom is -0.449 e. The quantitative estimate of drug-likeness (QED) is 0.543. The van der Waals surface area contributed by atoms with Gasteiger partial charge in [-0.15, -0.1) is 0 Å². The molecule has 0 saturated heterocycles. The number of rotatable bonds is 4. The van der Waals surface area contributed by atoms with Gasteiger partial charge in [0.2, 0.25) is 5.12 Å². The van der Waals surface area contributed by atoms with Gasteiger partial charge in [-0.05, 0) is 61.6 Å². The number of hydrogen-bond donors (Lipinski definition) is 1. The maximum absolute atomic E-state index is 17.4. The molecular weight excluding hydrogens is 481 g/mol. The van der Waals surface area contributed by atoms with Gasteiger partial charge in [-0.25, -0.2) is 13.2 Å². The molecule has 3 saturated carbocycles. The zero-order valence-electron chi connectivity index (χ0n) is 25.6. The third-order valence-electron chi connectivity index (χ3n) is 9.15. The van der Waals surface area contributed by atoms with E-state index in [1.807, 2.05) is 0 Å². The van der Waals surface area contributed by atoms with Gasteiger partial charge in [-0.1, -0.05) is 33.6 Å². The molecule has 0 amide bonds. The third kappa shape index (κ3) is 3.29. The number of allylic oxidation sites excluding steroid dienone is 4. The maximum Gasteiger partial charge on any atom is 0.309 e. The van der Waals surface area contributed by atoms with Crippen LogP contribution in [0.1, 0.15) is 62.0 Å². The number of alkyl halides is 3. The molecule has 0 aromatic heterocycles. The molecule has 4 aliphatic rings. The van der Waals surface area contributed by atoms with E-state index in [0.717, 1.165) is 12.2 Å². The fourth-order valence-electron chi connectivity index (χ4n) is 7.59. The van der Waals surface area contributed by atoms with Gasteiger partial charge < -0.3 is 9.84 Å². The Morgan fingerprint density at radius 1 is 1.31 bits per heavy atom. The lowest BCUT2D eigenvalue weighted by Gasteiger charge is -2.63. The molecule has 1 N–H and O–H groups in total. The van der Waals surface area contributed by atoms with Crippen molar-refractivity contribution in [3.8, 4) is 0 Å². The second kappa shape index (κ2) is 8.47. The first-order valence-electron chi connectivity index (χ1n) is 14.5. The average molecular weight is 521 g/mol. The summed E-state index contributed by atoms with van der Waals surface area (Å²) in [4.78, 5) is 39.1. The Morgan fingerprint density at radius 2 is 2.00 bits per heavy atom. The lowest BCUT2D eigenvalue weighted by molar-refractivity contribution is -0.229. The predicted octanol–water partition coefficient (Wildman–Crippen LogP) is 4.68. The molecule has 0 aliphatic heterocycles. The summed E-state index contributed by atoms with van der Waals surface area (Å²) in [5, 5.41) is 10.5. The number of fused-ring (bicyclic) bond motifs is 5. The fraction of sp³-hybridized carbons (Fsp3) is 0.731. The average Bonchev–Trinajstić information content (AvgIpc) is 3.02. The highest BCUT2D eigenvalue weighted by Crippen LogP contribution is 2.72. The highest BCUT2D eigenvalue weighted by atomic mass is 32.2. The van der Waals surface area contributed by atoms with Crippen molar-refractivity contribution in [2.45, 2.75) is 77.3 Å². The minimum absolute atomic E-state index is 0.0535. The normalized spacial score (nSPS) is 49.8. The molecule has 9 heteroatoms. The van der Waals surface area contributed by atoms with Gasteiger partial charge in [0.05, 0.1) is 12.0 Å². The number of halogens is 3. The van der Waals surface area contributed by atoms with Gasteiger partial charge in [0.1, 0.15) is 12.2 Å². The van der Waals surface area contributed by atoms with Crippen LogP contribution in [-0.4, -0.2) is 51.5 Å². The van der Waals surface area contributed by atoms with E-state index in [0.29, 0.717) is 0 Å². The number of carbonyl (C=O) groups excluding carboxylic acids is 3. The summed E-state index contributed by atoms with van der Waals surface area (Å²) >= 11 is 0.131. The molecule has 35 heavy (non-hydrogen) atoms. The number of aliphatic hydroxyl groups excluding tert-OH is 1. The van der Waals surface area contributed by atoms with Crippen molar-refractivity contribution in [2.75, 3.05) is 6.01 Å². The zero-order chi connectivity index (χ0) is 31.1. The molecule has 194 valence electrons. The molecule has 0 aromatic carbocycles. The summed E-state index contributed by atoms with van der Waals surface area (Å²) in [6, 6.07) is -1.26. The SMILES string of the molecule is [2H]C([2H])([2H])C(C(=O)O[C@]1(C(=O)SCF)[C@H](C)C[C@H]2[C@@H]3C[C@H](F)C4=CC(=O)C=C[C@]4(C)[C@@]3(F)[C@@H](O)C[C@@]21C)C([2H])([2H])[2H]. The van der Waals surface area contributed by atoms with Crippen LogP contribution in [0.4, 0.5) is 13.2 Å². The number of esters is 1. The molecule has 4 aliphatic carbocycles. The number of ketones is 1. The second-order valence-electron chi connectivity index (χ2n) is 10.6. The first-order chi connectivity index (χ1) is 18.6. The Balaban J connectivity index is 1.87. The van der Waals surface area contributed by atoms with Crippen molar-refractivity contribution in [1.29, 1.82) is 0 Å². The van der Waals surface area contributed by atoms with E-state index in [9.17, 15) is 23.9 Å². The van der Waals surface area contributed by atoms with Crippen molar-refractivity contribution < 1.29 is 45.6 Å². The number of carbonyl (C=O) groups is 3. The molecule has 9 atom stereocenters. The first-order valence-corrected chi connectivity index (χ1v) is 12.5. The van der Waals surface area contributed by atoms with E-state index in [-0.39, 0.29) is 23.8 Å². The van der Waals surface area contributed by atoms with E-state index in [4.69, 9.17) is 13.0 Å². The summed E-state index contributed by atoms with van der Waals surface area (Å²) < 4.78 is 98.3. The van der Waals surface area contributed by atoms with Crippen LogP contribution in [0.15, 0.2) is 23.8 Å². The molecule has 0 aromatic rings. The van der Waals surface area contributed by atoms with E-state index < -0.39 is 107 Å². The van der Waals surface area contributed by atoms with Crippen LogP contribution in [0.5, 0.6) is 0 Å². The Hall–Kier alpha value is -1.61. The molecule has 0 heterocycles. The van der Waals surface area contributed by atoms with Crippen molar-refractivity contribution in [3.63, 3.8) is 0 Å². The molecule has 5 nitrogen and oxygen atoms in total. The number of ether oxygens (including phenoxy) is 1. The summed E-state index contributed by atoms with van der Waals surface area (Å²) in [5.74, 6) is -8.11. The minimum atomic E-state index is -3.35. The van der Waals surface area contributed by atoms with Crippen LogP contribution in [0, 0.1) is 34.5 Å². The number of thioether (sulfide) groups is 1. The van der Waals surface area contributed by atoms with Gasteiger partial charge in [-0.3, -0.25) is 14.4 Å². The second-order valence-corrected chi connectivity index (χ2v) is 11.5. The maximum atomic E-state index is 17.4. The van der Waals surface area contributed by atoms with Gasteiger partial charge in [0.25, 0.3) is 0 Å². The van der Waals surface area contributed by atoms with Crippen LogP contribution in [0.2, 0.25) is 0 Å². The summed E-state index contributed by atoms with van der Waals surface area (Å²) in [7, 11) is 0. The highest BCUT2D eigenvalue weighted by Gasteiger charge is 2.78. The van der Waals surface area contributed by atoms with Crippen LogP contribution in [0.3, 0.4) is 0 Å². The van der Waals surface area contributed by atoms with E-state index in [1.165, 1.54) is 26.8 Å². The molecule has 0 bridgehead atoms. The Bertz CT molecular complexity index is 1190. The Labute approximate surface area is 216 Å². The van der Waals surface area contributed by atoms with Crippen LogP contribution < -0.4 is 0 Å². The standard InChI is InChI=1S/C26H33F3O5S/c1-13(2)21(32)34-26(22(33)35-12-27)14(3)8-16-17-10-19(28)18-9-15(30)6-7-23(18,4)25(17,29)20(31)11-24(16,26)5/h6-7,9,13-14,16-17,19-20,31H,8,10-12H2,1-5H3/t14-,16+,17+,19+,20+,23+,24+,25+,26+/m1/s1/i1D3,2D3. The highest BCUT2D eigenvalue weighted by molar-refractivity contribution is 8.13. The monoisotopic (exact) mass is 520 g/mol. The summed E-state index contributed by atoms with van der Waals surface area (Å²) in [6.45, 7) is -2.43. The van der Waals surface area contributed by atoms with Gasteiger partial charge >= 0.3 is 5.97 Å². The zero-order valence-corrected chi connectivity index (χ0v) is 20.5. The predicted molar refractivity (Wildman–Crippen MR) is 125 cm³/mol. The fourth-order valence-corrected chi connectivity index (χ4v) is 8.38. The Kier molecular flexibility index (Phi) is 4.72. The van der Waals surface area contributed by atoms with Gasteiger partial charge in [-0.2, -0.15) is 0 Å². The lowest BCUT2D eigenvalue weighted by Crippen LogP contribution is -2.70. The van der Waals surface area contributed by atoms with Gasteiger partial charge in [0, 0.05) is 30.9 Å². The van der Waals surface area contributed by atoms with Crippen LogP contribution >= 0.6 is 11.8 Å². The Morgan fingerprint density at radius 3 is 2.63 bits per heavy atom. The molecule has 0 spiro atoms. The van der Waals surface area contributed by atoms with Crippen molar-refractivity contribution >= 4 is 28.6 Å². The molecule has 0 radical (unpaired) electrons. The van der Waals surface area contributed by atoms with Crippen molar-refractivity contribution in [1.82, 2.24) is 0 Å². The molecule has 4 rings (SSSR count). The smallest absolute Gasteiger partial charge is 0.309 e. The molecular formula is C26H33F3O5S. The lowest BCUT2D eigenvalue weighted by atomic mass is 9.44. The van der Waals surface area contributed by atoms with Gasteiger partial charge in [0.15, 0.2) is 17.1 Å². The third-order valence-corrected chi connectivity index (χ3v) is 9.83. The van der Waals surface area contributed by atoms with E-state index >= 15 is 8.78 Å². The van der Waals surface area contributed by atoms with Crippen molar-refractivity contribution in [2.24, 2.45) is 34.5 Å². The first kappa shape index (κ1) is 19.5. The van der Waals surface area contributed by atoms with Crippen LogP contribution in [-0.2, 0) is 19.1 Å². The number of hydrogen-bond acceptors (Lipinski definition) is 6. The summed E-state index contributed by atoms with van der Waals surface area (Å²) in [6.07, 6.45) is -1.35. The largest absolute Gasteiger partial charge is 0.449 e. The van der Waals surface area contributed by atoms with E-state index in [2.05, 4.69) is 0 Å². The topological polar surface area (TPSA) is 80.7 Å². The van der Waals surface area contributed by atoms with Crippen LogP contribution in [0.25, 0.3) is 0 Å². The number of aliphatic hydroxyl groups is 1. The molecule has 0 unspecified atom stereocenters. The van der Waals surface area contributed by atoms with E-state index in [1.54, 1.807) is 0 Å².